The number of hydrogen-bond donors (Lipinski definition) is 0. The Labute approximate surface area is 184 Å². The lowest BCUT2D eigenvalue weighted by atomic mass is 10.1. The van der Waals surface area contributed by atoms with E-state index in [-0.39, 0.29) is 12.4 Å². The zero-order valence-corrected chi connectivity index (χ0v) is 19.0. The van der Waals surface area contributed by atoms with Crippen LogP contribution in [0, 0.1) is 10.1 Å². The third-order valence-corrected chi connectivity index (χ3v) is 6.51. The topological polar surface area (TPSA) is 70.2 Å². The van der Waals surface area contributed by atoms with Gasteiger partial charge in [0, 0.05) is 44.1 Å². The molecule has 0 N–H and O–H groups in total. The molecule has 0 aliphatic heterocycles. The molecule has 3 rings (SSSR count). The van der Waals surface area contributed by atoms with Gasteiger partial charge in [0.05, 0.1) is 16.2 Å². The van der Waals surface area contributed by atoms with E-state index in [4.69, 9.17) is 4.74 Å². The van der Waals surface area contributed by atoms with Gasteiger partial charge in [0.15, 0.2) is 0 Å². The quantitative estimate of drug-likeness (QED) is 0.166. The highest BCUT2D eigenvalue weighted by atomic mass is 28.3. The van der Waals surface area contributed by atoms with Crippen LogP contribution in [-0.2, 0) is 17.6 Å². The molecular weight excluding hydrogens is 439 g/mol. The van der Waals surface area contributed by atoms with Gasteiger partial charge in [-0.25, -0.2) is 4.98 Å². The van der Waals surface area contributed by atoms with Crippen LogP contribution in [0.4, 0.5) is 18.9 Å². The third kappa shape index (κ3) is 6.04. The number of rotatable bonds is 8. The van der Waals surface area contributed by atoms with E-state index in [9.17, 15) is 23.3 Å². The molecule has 0 saturated heterocycles. The Bertz CT molecular complexity index is 1110. The molecule has 0 fully saturated rings. The molecular formula is C22H24F3N3O3Si. The lowest BCUT2D eigenvalue weighted by Gasteiger charge is -2.16. The number of ether oxygens (including phenoxy) is 1. The largest absolute Gasteiger partial charge is 0.416 e. The summed E-state index contributed by atoms with van der Waals surface area (Å²) in [5.41, 5.74) is 0.232. The fraction of sp³-hybridized carbons (Fsp3) is 0.318. The molecule has 170 valence electrons. The van der Waals surface area contributed by atoms with E-state index in [1.165, 1.54) is 18.2 Å². The second kappa shape index (κ2) is 9.25. The van der Waals surface area contributed by atoms with E-state index < -0.39 is 24.7 Å². The fourth-order valence-electron chi connectivity index (χ4n) is 3.04. The van der Waals surface area contributed by atoms with Crippen LogP contribution in [-0.4, -0.2) is 29.2 Å². The highest BCUT2D eigenvalue weighted by Crippen LogP contribution is 2.33. The zero-order valence-electron chi connectivity index (χ0n) is 18.0. The number of non-ortho nitro benzene ring substituents is 1. The maximum Gasteiger partial charge on any atom is 0.416 e. The van der Waals surface area contributed by atoms with E-state index in [1.54, 1.807) is 29.0 Å². The summed E-state index contributed by atoms with van der Waals surface area (Å²) < 4.78 is 46.9. The van der Waals surface area contributed by atoms with E-state index in [1.807, 2.05) is 0 Å². The average molecular weight is 464 g/mol. The van der Waals surface area contributed by atoms with Gasteiger partial charge in [-0.3, -0.25) is 10.1 Å². The first-order chi connectivity index (χ1) is 14.9. The average Bonchev–Trinajstić information content (AvgIpc) is 3.14. The molecule has 1 aromatic heterocycles. The summed E-state index contributed by atoms with van der Waals surface area (Å²) in [6.45, 7) is 7.37. The summed E-state index contributed by atoms with van der Waals surface area (Å²) in [6.07, 6.45) is -2.86. The van der Waals surface area contributed by atoms with Crippen LogP contribution in [0.5, 0.6) is 0 Å². The van der Waals surface area contributed by atoms with Gasteiger partial charge in [0.1, 0.15) is 12.6 Å². The molecule has 0 aliphatic carbocycles. The minimum atomic E-state index is -4.47. The SMILES string of the molecule is C[Si](C)(C)CCOCn1cc(-c2cccc(C(F)(F)F)c2)nc1-c1cccc([N+](=O)[O-])c1. The maximum absolute atomic E-state index is 13.1. The number of imidazole rings is 1. The monoisotopic (exact) mass is 463 g/mol. The van der Waals surface area contributed by atoms with Crippen molar-refractivity contribution in [2.75, 3.05) is 6.61 Å². The Kier molecular flexibility index (Phi) is 6.84. The van der Waals surface area contributed by atoms with E-state index in [0.29, 0.717) is 29.3 Å². The number of nitro groups is 1. The first-order valence-corrected chi connectivity index (χ1v) is 13.7. The highest BCUT2D eigenvalue weighted by Gasteiger charge is 2.30. The van der Waals surface area contributed by atoms with E-state index in [0.717, 1.165) is 18.2 Å². The van der Waals surface area contributed by atoms with Crippen LogP contribution in [0.2, 0.25) is 25.7 Å². The number of nitro benzene ring substituents is 1. The van der Waals surface area contributed by atoms with Crippen molar-refractivity contribution in [1.29, 1.82) is 0 Å². The van der Waals surface area contributed by atoms with Gasteiger partial charge in [-0.05, 0) is 18.2 Å². The molecule has 0 atom stereocenters. The van der Waals surface area contributed by atoms with Crippen molar-refractivity contribution in [2.45, 2.75) is 38.6 Å². The fourth-order valence-corrected chi connectivity index (χ4v) is 3.80. The van der Waals surface area contributed by atoms with Gasteiger partial charge in [-0.1, -0.05) is 43.9 Å². The van der Waals surface area contributed by atoms with Gasteiger partial charge in [0.2, 0.25) is 0 Å². The first kappa shape index (κ1) is 23.7. The molecule has 10 heteroatoms. The molecule has 1 heterocycles. The summed E-state index contributed by atoms with van der Waals surface area (Å²) in [5, 5.41) is 11.2. The van der Waals surface area contributed by atoms with Gasteiger partial charge >= 0.3 is 6.18 Å². The van der Waals surface area contributed by atoms with Gasteiger partial charge in [0.25, 0.3) is 5.69 Å². The van der Waals surface area contributed by atoms with Crippen molar-refractivity contribution in [1.82, 2.24) is 9.55 Å². The molecule has 2 aromatic carbocycles. The third-order valence-electron chi connectivity index (χ3n) is 4.80. The van der Waals surface area contributed by atoms with Crippen LogP contribution >= 0.6 is 0 Å². The minimum Gasteiger partial charge on any atom is -0.361 e. The van der Waals surface area contributed by atoms with Crippen LogP contribution in [0.1, 0.15) is 5.56 Å². The Balaban J connectivity index is 1.98. The number of aromatic nitrogens is 2. The Morgan fingerprint density at radius 3 is 2.44 bits per heavy atom. The van der Waals surface area contributed by atoms with E-state index in [2.05, 4.69) is 24.6 Å². The highest BCUT2D eigenvalue weighted by molar-refractivity contribution is 6.76. The Hall–Kier alpha value is -2.98. The molecule has 6 nitrogen and oxygen atoms in total. The van der Waals surface area contributed by atoms with Crippen LogP contribution < -0.4 is 0 Å². The molecule has 0 unspecified atom stereocenters. The van der Waals surface area contributed by atoms with Crippen LogP contribution in [0.15, 0.2) is 54.7 Å². The predicted octanol–water partition coefficient (Wildman–Crippen LogP) is 6.46. The smallest absolute Gasteiger partial charge is 0.361 e. The number of hydrogen-bond acceptors (Lipinski definition) is 4. The van der Waals surface area contributed by atoms with Crippen LogP contribution in [0.3, 0.4) is 0 Å². The van der Waals surface area contributed by atoms with Crippen molar-refractivity contribution < 1.29 is 22.8 Å². The van der Waals surface area contributed by atoms with Gasteiger partial charge in [-0.2, -0.15) is 13.2 Å². The summed E-state index contributed by atoms with van der Waals surface area (Å²) in [4.78, 5) is 15.2. The second-order valence-electron chi connectivity index (χ2n) is 8.65. The Morgan fingerprint density at radius 1 is 1.09 bits per heavy atom. The Morgan fingerprint density at radius 2 is 1.78 bits per heavy atom. The summed E-state index contributed by atoms with van der Waals surface area (Å²) >= 11 is 0. The number of halogens is 3. The number of nitrogens with zero attached hydrogens (tertiary/aromatic N) is 3. The summed E-state index contributed by atoms with van der Waals surface area (Å²) in [6, 6.07) is 11.8. The van der Waals surface area contributed by atoms with Crippen molar-refractivity contribution in [3.8, 4) is 22.6 Å². The van der Waals surface area contributed by atoms with Gasteiger partial charge in [-0.15, -0.1) is 0 Å². The minimum absolute atomic E-state index is 0.0997. The molecule has 3 aromatic rings. The lowest BCUT2D eigenvalue weighted by molar-refractivity contribution is -0.384. The molecule has 32 heavy (non-hydrogen) atoms. The van der Waals surface area contributed by atoms with Crippen molar-refractivity contribution >= 4 is 13.8 Å². The lowest BCUT2D eigenvalue weighted by Crippen LogP contribution is -2.22. The standard InChI is InChI=1S/C22H24F3N3O3Si/c1-32(2,3)11-10-31-15-27-14-20(16-6-4-8-18(12-16)22(23,24)25)26-21(27)17-7-5-9-19(13-17)28(29)30/h4-9,12-14H,10-11,15H2,1-3H3. The van der Waals surface area contributed by atoms with Crippen LogP contribution in [0.25, 0.3) is 22.6 Å². The first-order valence-electron chi connectivity index (χ1n) is 10.0. The molecule has 0 spiro atoms. The maximum atomic E-state index is 13.1. The molecule has 0 aliphatic rings. The number of benzene rings is 2. The molecule has 0 bridgehead atoms. The van der Waals surface area contributed by atoms with Crippen molar-refractivity contribution in [2.24, 2.45) is 0 Å². The summed E-state index contributed by atoms with van der Waals surface area (Å²) in [7, 11) is -1.30. The molecule has 0 saturated carbocycles. The van der Waals surface area contributed by atoms with Crippen molar-refractivity contribution in [3.63, 3.8) is 0 Å². The van der Waals surface area contributed by atoms with E-state index >= 15 is 0 Å². The second-order valence-corrected chi connectivity index (χ2v) is 14.3. The molecule has 0 radical (unpaired) electrons. The van der Waals surface area contributed by atoms with Gasteiger partial charge < -0.3 is 9.30 Å². The zero-order chi connectivity index (χ0) is 23.5. The summed E-state index contributed by atoms with van der Waals surface area (Å²) in [5.74, 6) is 0.383. The number of alkyl halides is 3. The molecule has 0 amide bonds. The predicted molar refractivity (Wildman–Crippen MR) is 119 cm³/mol. The normalized spacial score (nSPS) is 12.2. The van der Waals surface area contributed by atoms with Crippen molar-refractivity contribution in [3.05, 3.63) is 70.4 Å².